The monoisotopic (exact) mass is 456 g/mol. The van der Waals surface area contributed by atoms with Crippen molar-refractivity contribution in [3.8, 4) is 0 Å². The molecule has 0 aliphatic heterocycles. The fourth-order valence-corrected chi connectivity index (χ4v) is 6.13. The van der Waals surface area contributed by atoms with Gasteiger partial charge in [0.25, 0.3) is 5.60 Å². The Kier molecular flexibility index (Phi) is 6.81. The maximum atomic E-state index is 13.6. The second-order valence-corrected chi connectivity index (χ2v) is 14.1. The zero-order chi connectivity index (χ0) is 23.2. The zero-order valence-corrected chi connectivity index (χ0v) is 19.0. The highest BCUT2D eigenvalue weighted by Crippen LogP contribution is 2.54. The Bertz CT molecular complexity index is 702. The minimum Gasteiger partial charge on any atom is -0.394 e. The van der Waals surface area contributed by atoms with Crippen LogP contribution in [-0.2, 0) is 9.22 Å². The normalized spacial score (nSPS) is 27.4. The molecule has 0 heterocycles. The molecule has 1 fully saturated rings. The summed E-state index contributed by atoms with van der Waals surface area (Å²) >= 11 is 0. The van der Waals surface area contributed by atoms with Crippen molar-refractivity contribution in [3.63, 3.8) is 0 Å². The zero-order valence-electron chi connectivity index (χ0n) is 18.0. The maximum Gasteiger partial charge on any atom is 0.429 e. The molecule has 172 valence electrons. The number of halogens is 6. The summed E-state index contributed by atoms with van der Waals surface area (Å²) in [5.41, 5.74) is -3.72. The first kappa shape index (κ1) is 25.2. The van der Waals surface area contributed by atoms with Gasteiger partial charge in [0.2, 0.25) is 0 Å². The van der Waals surface area contributed by atoms with E-state index < -0.39 is 26.3 Å². The number of allylic oxidation sites excluding steroid dienone is 3. The predicted molar refractivity (Wildman–Crippen MR) is 105 cm³/mol. The Morgan fingerprint density at radius 2 is 1.77 bits per heavy atom. The van der Waals surface area contributed by atoms with E-state index in [1.54, 1.807) is 6.92 Å². The first-order chi connectivity index (χ1) is 13.4. The van der Waals surface area contributed by atoms with E-state index in [9.17, 15) is 31.1 Å². The summed E-state index contributed by atoms with van der Waals surface area (Å²) in [5, 5.41) is 0. The van der Waals surface area contributed by atoms with Crippen molar-refractivity contribution >= 4 is 14.1 Å². The van der Waals surface area contributed by atoms with Crippen LogP contribution >= 0.6 is 0 Å². The summed E-state index contributed by atoms with van der Waals surface area (Å²) in [6, 6.07) is 0. The van der Waals surface area contributed by atoms with E-state index in [1.165, 1.54) is 19.6 Å². The number of carbonyl (C=O) groups excluding carboxylic acids is 1. The molecule has 0 aromatic carbocycles. The molecule has 0 bridgehead atoms. The van der Waals surface area contributed by atoms with Crippen LogP contribution in [0.2, 0.25) is 19.6 Å². The van der Waals surface area contributed by atoms with Gasteiger partial charge in [0.1, 0.15) is 5.78 Å². The fourth-order valence-electron chi connectivity index (χ4n) is 4.86. The van der Waals surface area contributed by atoms with E-state index in [1.807, 2.05) is 13.0 Å². The molecule has 2 aliphatic carbocycles. The third-order valence-electron chi connectivity index (χ3n) is 6.19. The van der Waals surface area contributed by atoms with E-state index in [2.05, 4.69) is 0 Å². The number of ketones is 1. The summed E-state index contributed by atoms with van der Waals surface area (Å²) in [4.78, 5) is 12.2. The molecule has 0 radical (unpaired) electrons. The lowest BCUT2D eigenvalue weighted by atomic mass is 9.63. The standard InChI is InChI=1S/C21H30F6O2Si/c1-14(15-10-11-16-17(28)9-7-12-18(15,16)2)8-6-13-19(20(22,23)24,21(25,26)27)29-30(3,4)5/h6,10,13-14,16H,7-9,11-12H2,1-5H3/b13-6+. The van der Waals surface area contributed by atoms with Crippen molar-refractivity contribution in [1.82, 2.24) is 0 Å². The first-order valence-corrected chi connectivity index (χ1v) is 13.6. The average Bonchev–Trinajstić information content (AvgIpc) is 2.89. The smallest absolute Gasteiger partial charge is 0.394 e. The molecule has 3 unspecified atom stereocenters. The van der Waals surface area contributed by atoms with Gasteiger partial charge in [-0.1, -0.05) is 31.6 Å². The number of rotatable bonds is 6. The van der Waals surface area contributed by atoms with Gasteiger partial charge in [0.15, 0.2) is 8.32 Å². The van der Waals surface area contributed by atoms with Gasteiger partial charge in [-0.2, -0.15) is 26.3 Å². The lowest BCUT2D eigenvalue weighted by Crippen LogP contribution is -2.61. The minimum atomic E-state index is -5.63. The SMILES string of the molecule is CC(C/C=C/C(O[Si](C)(C)C)(C(F)(F)F)C(F)(F)F)C1=CCC2C(=O)CCCC12C. The van der Waals surface area contributed by atoms with E-state index in [4.69, 9.17) is 4.43 Å². The molecule has 2 nitrogen and oxygen atoms in total. The summed E-state index contributed by atoms with van der Waals surface area (Å²) < 4.78 is 86.5. The van der Waals surface area contributed by atoms with E-state index >= 15 is 0 Å². The Morgan fingerprint density at radius 3 is 2.27 bits per heavy atom. The second kappa shape index (κ2) is 8.11. The molecule has 3 atom stereocenters. The lowest BCUT2D eigenvalue weighted by Gasteiger charge is -2.40. The van der Waals surface area contributed by atoms with Crippen molar-refractivity contribution < 1.29 is 35.6 Å². The molecule has 1 saturated carbocycles. The van der Waals surface area contributed by atoms with Crippen molar-refractivity contribution in [3.05, 3.63) is 23.8 Å². The third-order valence-corrected chi connectivity index (χ3v) is 7.13. The van der Waals surface area contributed by atoms with Crippen LogP contribution in [0.5, 0.6) is 0 Å². The van der Waals surface area contributed by atoms with Gasteiger partial charge in [-0.05, 0) is 62.7 Å². The molecule has 0 aromatic heterocycles. The Balaban J connectivity index is 2.28. The maximum absolute atomic E-state index is 13.6. The van der Waals surface area contributed by atoms with Crippen molar-refractivity contribution in [2.75, 3.05) is 0 Å². The van der Waals surface area contributed by atoms with Gasteiger partial charge in [0, 0.05) is 12.3 Å². The quantitative estimate of drug-likeness (QED) is 0.245. The van der Waals surface area contributed by atoms with E-state index in [0.29, 0.717) is 12.8 Å². The van der Waals surface area contributed by atoms with Crippen LogP contribution in [0, 0.1) is 17.3 Å². The van der Waals surface area contributed by atoms with E-state index in [-0.39, 0.29) is 35.5 Å². The van der Waals surface area contributed by atoms with Gasteiger partial charge in [-0.15, -0.1) is 0 Å². The molecule has 0 spiro atoms. The lowest BCUT2D eigenvalue weighted by molar-refractivity contribution is -0.340. The van der Waals surface area contributed by atoms with Gasteiger partial charge < -0.3 is 4.43 Å². The van der Waals surface area contributed by atoms with Crippen LogP contribution in [-0.4, -0.2) is 32.1 Å². The molecule has 0 saturated heterocycles. The number of hydrogen-bond acceptors (Lipinski definition) is 2. The van der Waals surface area contributed by atoms with Gasteiger partial charge in [-0.3, -0.25) is 4.79 Å². The Hall–Kier alpha value is -1.09. The summed E-state index contributed by atoms with van der Waals surface area (Å²) in [7, 11) is -3.20. The van der Waals surface area contributed by atoms with Crippen LogP contribution in [0.4, 0.5) is 26.3 Å². The summed E-state index contributed by atoms with van der Waals surface area (Å²) in [5.74, 6) is -0.213. The van der Waals surface area contributed by atoms with Crippen LogP contribution in [0.15, 0.2) is 23.8 Å². The predicted octanol–water partition coefficient (Wildman–Crippen LogP) is 6.99. The Morgan fingerprint density at radius 1 is 1.20 bits per heavy atom. The minimum absolute atomic E-state index is 0.00526. The third kappa shape index (κ3) is 4.71. The van der Waals surface area contributed by atoms with Crippen LogP contribution in [0.3, 0.4) is 0 Å². The summed E-state index contributed by atoms with van der Waals surface area (Å²) in [6.45, 7) is 7.64. The molecule has 2 rings (SSSR count). The van der Waals surface area contributed by atoms with Gasteiger partial charge in [-0.25, -0.2) is 0 Å². The molecule has 9 heteroatoms. The fraction of sp³-hybridized carbons (Fsp3) is 0.762. The van der Waals surface area contributed by atoms with Crippen LogP contribution in [0.25, 0.3) is 0 Å². The highest BCUT2D eigenvalue weighted by atomic mass is 28.4. The van der Waals surface area contributed by atoms with Crippen LogP contribution in [0.1, 0.15) is 46.0 Å². The molecule has 30 heavy (non-hydrogen) atoms. The number of alkyl halides is 6. The van der Waals surface area contributed by atoms with Crippen molar-refractivity contribution in [1.29, 1.82) is 0 Å². The number of Topliss-reactive ketones (excluding diaryl/α,β-unsaturated/α-hetero) is 1. The van der Waals surface area contributed by atoms with Gasteiger partial charge >= 0.3 is 12.4 Å². The number of carbonyl (C=O) groups is 1. The summed E-state index contributed by atoms with van der Waals surface area (Å²) in [6.07, 6.45) is -5.56. The van der Waals surface area contributed by atoms with Gasteiger partial charge in [0.05, 0.1) is 0 Å². The molecule has 2 aliphatic rings. The second-order valence-electron chi connectivity index (χ2n) is 9.67. The van der Waals surface area contributed by atoms with Crippen LogP contribution < -0.4 is 0 Å². The van der Waals surface area contributed by atoms with Crippen molar-refractivity contribution in [2.45, 2.75) is 83.5 Å². The Labute approximate surface area is 174 Å². The molecular weight excluding hydrogens is 426 g/mol. The topological polar surface area (TPSA) is 26.3 Å². The molecule has 0 aromatic rings. The number of hydrogen-bond donors (Lipinski definition) is 0. The molecule has 0 amide bonds. The van der Waals surface area contributed by atoms with E-state index in [0.717, 1.165) is 24.5 Å². The average molecular weight is 457 g/mol. The highest BCUT2D eigenvalue weighted by Gasteiger charge is 2.71. The first-order valence-electron chi connectivity index (χ1n) is 10.2. The number of fused-ring (bicyclic) bond motifs is 1. The highest BCUT2D eigenvalue weighted by molar-refractivity contribution is 6.69. The molecule has 0 N–H and O–H groups in total. The largest absolute Gasteiger partial charge is 0.429 e. The van der Waals surface area contributed by atoms with Crippen molar-refractivity contribution in [2.24, 2.45) is 17.3 Å². The molecular formula is C21H30F6O2Si.